The Hall–Kier alpha value is -0.270. The van der Waals surface area contributed by atoms with Gasteiger partial charge in [0.25, 0.3) is 0 Å². The number of unbranched alkanes of at least 4 members (excludes halogenated alkanes) is 1. The van der Waals surface area contributed by atoms with E-state index in [4.69, 9.17) is 23.2 Å². The van der Waals surface area contributed by atoms with Gasteiger partial charge in [0.05, 0.1) is 0 Å². The van der Waals surface area contributed by atoms with Crippen LogP contribution in [0.25, 0.3) is 0 Å². The summed E-state index contributed by atoms with van der Waals surface area (Å²) in [6, 6.07) is 0. The van der Waals surface area contributed by atoms with E-state index in [2.05, 4.69) is 18.5 Å². The molecule has 0 radical (unpaired) electrons. The van der Waals surface area contributed by atoms with Crippen LogP contribution in [0, 0.1) is 0 Å². The average Bonchev–Trinajstić information content (AvgIpc) is 2.01. The van der Waals surface area contributed by atoms with Gasteiger partial charge in [0.2, 0.25) is 0 Å². The topological polar surface area (TPSA) is 12.4 Å². The molecule has 0 aromatic heterocycles. The lowest BCUT2D eigenvalue weighted by Gasteiger charge is -1.94. The van der Waals surface area contributed by atoms with E-state index in [1.165, 1.54) is 6.20 Å². The maximum atomic E-state index is 5.85. The Kier molecular flexibility index (Phi) is 7.22. The third-order valence-corrected chi connectivity index (χ3v) is 1.76. The Labute approximate surface area is 83.8 Å². The van der Waals surface area contributed by atoms with E-state index in [-0.39, 0.29) is 0 Å². The number of hydrogen-bond acceptors (Lipinski definition) is 1. The molecule has 0 rings (SSSR count). The highest BCUT2D eigenvalue weighted by Gasteiger charge is 1.93. The SMILES string of the molecule is C=CN=C(Cl)/C=C(/Cl)CCCC. The van der Waals surface area contributed by atoms with Gasteiger partial charge in [0.15, 0.2) is 0 Å². The lowest BCUT2D eigenvalue weighted by molar-refractivity contribution is 0.808. The molecule has 0 aliphatic rings. The van der Waals surface area contributed by atoms with Crippen molar-refractivity contribution < 1.29 is 0 Å². The van der Waals surface area contributed by atoms with Crippen LogP contribution in [0.1, 0.15) is 26.2 Å². The molecule has 0 saturated carbocycles. The highest BCUT2D eigenvalue weighted by atomic mass is 35.5. The van der Waals surface area contributed by atoms with Crippen LogP contribution >= 0.6 is 23.2 Å². The minimum atomic E-state index is 0.381. The van der Waals surface area contributed by atoms with Crippen LogP contribution in [0.4, 0.5) is 0 Å². The van der Waals surface area contributed by atoms with Crippen LogP contribution in [0.5, 0.6) is 0 Å². The molecule has 0 aromatic rings. The quantitative estimate of drug-likeness (QED) is 0.601. The molecular weight excluding hydrogens is 193 g/mol. The predicted octanol–water partition coefficient (Wildman–Crippen LogP) is 4.08. The Morgan fingerprint density at radius 2 is 2.17 bits per heavy atom. The highest BCUT2D eigenvalue weighted by molar-refractivity contribution is 6.69. The van der Waals surface area contributed by atoms with Gasteiger partial charge in [-0.15, -0.1) is 0 Å². The van der Waals surface area contributed by atoms with Crippen molar-refractivity contribution in [3.05, 3.63) is 23.9 Å². The van der Waals surface area contributed by atoms with Crippen molar-refractivity contribution in [3.63, 3.8) is 0 Å². The summed E-state index contributed by atoms with van der Waals surface area (Å²) in [5.74, 6) is 0. The molecule has 0 heterocycles. The standard InChI is InChI=1S/C9H13Cl2N/c1-3-5-6-8(10)7-9(11)12-4-2/h4,7H,2-3,5-6H2,1H3/b8-7+,12-9?. The third-order valence-electron chi connectivity index (χ3n) is 1.26. The summed E-state index contributed by atoms with van der Waals surface area (Å²) in [6.45, 7) is 5.54. The van der Waals surface area contributed by atoms with E-state index in [0.717, 1.165) is 24.3 Å². The average molecular weight is 206 g/mol. The van der Waals surface area contributed by atoms with E-state index < -0.39 is 0 Å². The van der Waals surface area contributed by atoms with E-state index in [9.17, 15) is 0 Å². The van der Waals surface area contributed by atoms with Crippen molar-refractivity contribution in [1.29, 1.82) is 0 Å². The molecule has 0 amide bonds. The number of allylic oxidation sites excluding steroid dienone is 2. The lowest BCUT2D eigenvalue weighted by atomic mass is 10.2. The van der Waals surface area contributed by atoms with Crippen LogP contribution in [0.2, 0.25) is 0 Å². The second kappa shape index (κ2) is 7.38. The molecule has 0 bridgehead atoms. The van der Waals surface area contributed by atoms with Gasteiger partial charge in [-0.25, -0.2) is 4.99 Å². The summed E-state index contributed by atoms with van der Waals surface area (Å²) in [5, 5.41) is 1.12. The van der Waals surface area contributed by atoms with Crippen molar-refractivity contribution in [1.82, 2.24) is 0 Å². The summed E-state index contributed by atoms with van der Waals surface area (Å²) in [5.41, 5.74) is 0. The largest absolute Gasteiger partial charge is 0.245 e. The van der Waals surface area contributed by atoms with Crippen LogP contribution in [0.15, 0.2) is 28.9 Å². The van der Waals surface area contributed by atoms with Gasteiger partial charge < -0.3 is 0 Å². The minimum absolute atomic E-state index is 0.381. The van der Waals surface area contributed by atoms with Gasteiger partial charge in [-0.1, -0.05) is 43.1 Å². The Bertz CT molecular complexity index is 195. The molecule has 12 heavy (non-hydrogen) atoms. The normalized spacial score (nSPS) is 13.2. The first kappa shape index (κ1) is 11.7. The smallest absolute Gasteiger partial charge is 0.130 e. The second-order valence-corrected chi connectivity index (χ2v) is 3.20. The summed E-state index contributed by atoms with van der Waals surface area (Å²) < 4.78 is 0. The second-order valence-electron chi connectivity index (χ2n) is 2.33. The van der Waals surface area contributed by atoms with Crippen molar-refractivity contribution in [3.8, 4) is 0 Å². The molecular formula is C9H13Cl2N. The van der Waals surface area contributed by atoms with Gasteiger partial charge in [-0.05, 0) is 18.9 Å². The molecule has 0 atom stereocenters. The number of hydrogen-bond donors (Lipinski definition) is 0. The molecule has 0 unspecified atom stereocenters. The third kappa shape index (κ3) is 6.44. The first-order valence-electron chi connectivity index (χ1n) is 3.91. The summed E-state index contributed by atoms with van der Waals surface area (Å²) in [4.78, 5) is 3.76. The maximum Gasteiger partial charge on any atom is 0.130 e. The zero-order valence-corrected chi connectivity index (χ0v) is 8.70. The Balaban J connectivity index is 3.97. The molecule has 0 fully saturated rings. The summed E-state index contributed by atoms with van der Waals surface area (Å²) >= 11 is 11.5. The fraction of sp³-hybridized carbons (Fsp3) is 0.444. The van der Waals surface area contributed by atoms with Crippen molar-refractivity contribution >= 4 is 28.4 Å². The number of rotatable bonds is 5. The molecule has 0 N–H and O–H groups in total. The maximum absolute atomic E-state index is 5.85. The minimum Gasteiger partial charge on any atom is -0.245 e. The Morgan fingerprint density at radius 3 is 2.67 bits per heavy atom. The molecule has 3 heteroatoms. The molecule has 0 aliphatic carbocycles. The van der Waals surface area contributed by atoms with E-state index in [1.807, 2.05) is 0 Å². The number of halogens is 2. The van der Waals surface area contributed by atoms with Gasteiger partial charge in [0.1, 0.15) is 5.17 Å². The van der Waals surface area contributed by atoms with E-state index in [1.54, 1.807) is 6.08 Å². The predicted molar refractivity (Wildman–Crippen MR) is 56.9 cm³/mol. The van der Waals surface area contributed by atoms with Crippen LogP contribution < -0.4 is 0 Å². The monoisotopic (exact) mass is 205 g/mol. The first-order valence-corrected chi connectivity index (χ1v) is 4.66. The highest BCUT2D eigenvalue weighted by Crippen LogP contribution is 2.12. The molecule has 0 spiro atoms. The van der Waals surface area contributed by atoms with Crippen LogP contribution in [0.3, 0.4) is 0 Å². The van der Waals surface area contributed by atoms with Crippen molar-refractivity contribution in [2.24, 2.45) is 4.99 Å². The number of nitrogens with zero attached hydrogens (tertiary/aromatic N) is 1. The van der Waals surface area contributed by atoms with Crippen molar-refractivity contribution in [2.75, 3.05) is 0 Å². The van der Waals surface area contributed by atoms with Crippen LogP contribution in [-0.4, -0.2) is 5.17 Å². The van der Waals surface area contributed by atoms with Gasteiger partial charge in [-0.2, -0.15) is 0 Å². The summed E-state index contributed by atoms with van der Waals surface area (Å²) in [7, 11) is 0. The van der Waals surface area contributed by atoms with E-state index in [0.29, 0.717) is 5.17 Å². The zero-order valence-electron chi connectivity index (χ0n) is 7.19. The van der Waals surface area contributed by atoms with E-state index >= 15 is 0 Å². The van der Waals surface area contributed by atoms with Crippen molar-refractivity contribution in [2.45, 2.75) is 26.2 Å². The van der Waals surface area contributed by atoms with Crippen LogP contribution in [-0.2, 0) is 0 Å². The zero-order chi connectivity index (χ0) is 9.40. The fourth-order valence-corrected chi connectivity index (χ4v) is 1.17. The molecule has 0 saturated heterocycles. The molecule has 1 nitrogen and oxygen atoms in total. The lowest BCUT2D eigenvalue weighted by Crippen LogP contribution is -1.81. The fourth-order valence-electron chi connectivity index (χ4n) is 0.672. The molecule has 0 aliphatic heterocycles. The summed E-state index contributed by atoms with van der Waals surface area (Å²) in [6.07, 6.45) is 6.11. The van der Waals surface area contributed by atoms with Gasteiger partial charge in [-0.3, -0.25) is 0 Å². The first-order chi connectivity index (χ1) is 5.70. The molecule has 68 valence electrons. The van der Waals surface area contributed by atoms with Gasteiger partial charge >= 0.3 is 0 Å². The van der Waals surface area contributed by atoms with Gasteiger partial charge in [0, 0.05) is 11.2 Å². The molecule has 0 aromatic carbocycles. The number of aliphatic imine (C=N–C) groups is 1. The Morgan fingerprint density at radius 1 is 1.50 bits per heavy atom.